The van der Waals surface area contributed by atoms with Crippen LogP contribution in [0.5, 0.6) is 17.2 Å². The fourth-order valence-corrected chi connectivity index (χ4v) is 9.23. The summed E-state index contributed by atoms with van der Waals surface area (Å²) in [6.45, 7) is 12.3. The number of allylic oxidation sites excluding steroid dienone is 1. The normalized spacial score (nSPS) is 22.8. The number of non-ortho nitro benzene ring substituents is 1. The van der Waals surface area contributed by atoms with Crippen molar-refractivity contribution in [3.8, 4) is 17.2 Å². The summed E-state index contributed by atoms with van der Waals surface area (Å²) in [7, 11) is 0. The minimum absolute atomic E-state index is 0.0153. The van der Waals surface area contributed by atoms with Crippen molar-refractivity contribution in [2.75, 3.05) is 26.4 Å². The molecule has 15 nitrogen and oxygen atoms in total. The number of rotatable bonds is 20. The summed E-state index contributed by atoms with van der Waals surface area (Å²) in [4.78, 5) is 46.6. The second-order valence-corrected chi connectivity index (χ2v) is 17.5. The van der Waals surface area contributed by atoms with E-state index in [-0.39, 0.29) is 68.5 Å². The molecule has 0 saturated heterocycles. The van der Waals surface area contributed by atoms with E-state index in [0.717, 1.165) is 36.0 Å². The van der Waals surface area contributed by atoms with Crippen LogP contribution < -0.4 is 19.5 Å². The van der Waals surface area contributed by atoms with Gasteiger partial charge in [0.15, 0.2) is 0 Å². The van der Waals surface area contributed by atoms with Gasteiger partial charge in [0, 0.05) is 56.3 Å². The van der Waals surface area contributed by atoms with Gasteiger partial charge in [0.25, 0.3) is 5.69 Å². The number of hydrogen-bond donors (Lipinski definition) is 3. The first-order valence-electron chi connectivity index (χ1n) is 22.3. The fourth-order valence-electron chi connectivity index (χ4n) is 9.23. The molecule has 2 aliphatic carbocycles. The van der Waals surface area contributed by atoms with Gasteiger partial charge in [-0.3, -0.25) is 15.0 Å². The second-order valence-electron chi connectivity index (χ2n) is 17.5. The number of benzene rings is 3. The van der Waals surface area contributed by atoms with Gasteiger partial charge < -0.3 is 39.3 Å². The number of ether oxygens (including phenoxy) is 4. The summed E-state index contributed by atoms with van der Waals surface area (Å²) >= 11 is 0. The van der Waals surface area contributed by atoms with Gasteiger partial charge >= 0.3 is 12.2 Å². The number of hydrogen-bond acceptors (Lipinski definition) is 12. The molecule has 0 spiro atoms. The standard InChI is InChI=1S/C49H62N4O11/c1-6-25-52(47(57)62-36-21-19-35(20-22-36)53(58)59)43-31-41(51-64-48(3,4)5)39-29-34(17-11-13-26-54)38(18-12-14-27-55)44-40-30-37(61-46(56)50-32-33-15-9-8-10-16-33)23-24-42(40)63-49(43,45(39)44)60-28-7-2/h7-10,15-16,19-24,29-30,34,38,43-45,54-55H,2,6,11-14,17-18,25-28,31-32H2,1,3-5H3,(H,50,56). The lowest BCUT2D eigenvalue weighted by molar-refractivity contribution is -0.384. The Balaban J connectivity index is 1.53. The van der Waals surface area contributed by atoms with Crippen LogP contribution in [0.1, 0.15) is 96.1 Å². The monoisotopic (exact) mass is 882 g/mol. The van der Waals surface area contributed by atoms with Crippen LogP contribution in [0.3, 0.4) is 0 Å². The number of oxime groups is 1. The molecule has 3 aliphatic rings. The van der Waals surface area contributed by atoms with Crippen molar-refractivity contribution in [2.45, 2.75) is 109 Å². The van der Waals surface area contributed by atoms with E-state index < -0.39 is 40.5 Å². The van der Waals surface area contributed by atoms with E-state index in [1.54, 1.807) is 23.1 Å². The number of amides is 2. The number of carbonyl (C=O) groups is 2. The van der Waals surface area contributed by atoms with Gasteiger partial charge in [0.1, 0.15) is 28.9 Å². The van der Waals surface area contributed by atoms with E-state index in [0.29, 0.717) is 42.9 Å². The largest absolute Gasteiger partial charge is 0.459 e. The number of unbranched alkanes of at least 4 members (excludes halogenated alkanes) is 2. The minimum atomic E-state index is -1.55. The van der Waals surface area contributed by atoms with Gasteiger partial charge in [0.05, 0.1) is 23.2 Å². The Morgan fingerprint density at radius 1 is 1.00 bits per heavy atom. The topological polar surface area (TPSA) is 192 Å². The van der Waals surface area contributed by atoms with Crippen LogP contribution in [0.25, 0.3) is 0 Å². The zero-order valence-electron chi connectivity index (χ0n) is 37.3. The van der Waals surface area contributed by atoms with E-state index in [1.165, 1.54) is 24.3 Å². The first-order chi connectivity index (χ1) is 30.8. The van der Waals surface area contributed by atoms with Crippen molar-refractivity contribution < 1.29 is 48.5 Å². The smallest absolute Gasteiger partial charge is 0.415 e. The van der Waals surface area contributed by atoms with E-state index in [1.807, 2.05) is 64.1 Å². The van der Waals surface area contributed by atoms with Crippen molar-refractivity contribution in [3.63, 3.8) is 0 Å². The van der Waals surface area contributed by atoms with Crippen LogP contribution in [-0.4, -0.2) is 81.7 Å². The Bertz CT molecular complexity index is 2140. The maximum Gasteiger partial charge on any atom is 0.415 e. The molecule has 3 aromatic rings. The van der Waals surface area contributed by atoms with E-state index in [9.17, 15) is 29.9 Å². The molecule has 344 valence electrons. The number of nitrogens with zero attached hydrogens (tertiary/aromatic N) is 3. The van der Waals surface area contributed by atoms with Crippen molar-refractivity contribution in [1.29, 1.82) is 0 Å². The molecule has 3 N–H and O–H groups in total. The molecule has 1 heterocycles. The molecule has 6 atom stereocenters. The molecule has 6 unspecified atom stereocenters. The molecule has 1 aliphatic heterocycles. The Morgan fingerprint density at radius 3 is 2.36 bits per heavy atom. The fraction of sp³-hybridized carbons (Fsp3) is 0.490. The predicted octanol–water partition coefficient (Wildman–Crippen LogP) is 9.23. The van der Waals surface area contributed by atoms with Crippen molar-refractivity contribution in [3.05, 3.63) is 118 Å². The zero-order chi connectivity index (χ0) is 45.9. The number of nitrogens with one attached hydrogen (secondary N) is 1. The minimum Gasteiger partial charge on any atom is -0.459 e. The third kappa shape index (κ3) is 11.3. The number of nitro benzene ring substituents is 1. The van der Waals surface area contributed by atoms with E-state index >= 15 is 0 Å². The van der Waals surface area contributed by atoms with Gasteiger partial charge in [0.2, 0.25) is 5.79 Å². The molecule has 0 aromatic heterocycles. The summed E-state index contributed by atoms with van der Waals surface area (Å²) < 4.78 is 26.1. The highest BCUT2D eigenvalue weighted by atomic mass is 16.7. The Morgan fingerprint density at radius 2 is 1.70 bits per heavy atom. The molecule has 0 radical (unpaired) electrons. The molecule has 3 aromatic carbocycles. The van der Waals surface area contributed by atoms with Crippen LogP contribution in [0, 0.1) is 27.9 Å². The average Bonchev–Trinajstić information content (AvgIpc) is 3.27. The Labute approximate surface area is 375 Å². The van der Waals surface area contributed by atoms with Crippen molar-refractivity contribution in [1.82, 2.24) is 10.2 Å². The number of aliphatic hydroxyl groups excluding tert-OH is 2. The summed E-state index contributed by atoms with van der Waals surface area (Å²) in [5, 5.41) is 39.0. The first-order valence-corrected chi connectivity index (χ1v) is 22.3. The molecule has 64 heavy (non-hydrogen) atoms. The summed E-state index contributed by atoms with van der Waals surface area (Å²) in [5.41, 5.74) is 2.35. The van der Waals surface area contributed by atoms with Gasteiger partial charge in [-0.25, -0.2) is 9.59 Å². The molecule has 15 heteroatoms. The van der Waals surface area contributed by atoms with Gasteiger partial charge in [-0.1, -0.05) is 67.4 Å². The van der Waals surface area contributed by atoms with Crippen LogP contribution in [0.4, 0.5) is 15.3 Å². The molecule has 1 fully saturated rings. The van der Waals surface area contributed by atoms with Crippen molar-refractivity contribution >= 4 is 23.6 Å². The summed E-state index contributed by atoms with van der Waals surface area (Å²) in [5.74, 6) is -1.68. The van der Waals surface area contributed by atoms with Crippen LogP contribution in [0.15, 0.2) is 102 Å². The van der Waals surface area contributed by atoms with Crippen LogP contribution >= 0.6 is 0 Å². The third-order valence-corrected chi connectivity index (χ3v) is 11.9. The molecule has 6 rings (SSSR count). The quantitative estimate of drug-likeness (QED) is 0.0424. The third-order valence-electron chi connectivity index (χ3n) is 11.9. The molecular formula is C49H62N4O11. The molecule has 0 bridgehead atoms. The maximum atomic E-state index is 14.6. The average molecular weight is 883 g/mol. The summed E-state index contributed by atoms with van der Waals surface area (Å²) in [6.07, 6.45) is 7.40. The van der Waals surface area contributed by atoms with Gasteiger partial charge in [-0.2, -0.15) is 0 Å². The highest BCUT2D eigenvalue weighted by Crippen LogP contribution is 2.62. The van der Waals surface area contributed by atoms with E-state index in [2.05, 4.69) is 18.0 Å². The van der Waals surface area contributed by atoms with E-state index in [4.69, 9.17) is 28.9 Å². The lowest BCUT2D eigenvalue weighted by atomic mass is 9.55. The van der Waals surface area contributed by atoms with Gasteiger partial charge in [-0.15, -0.1) is 6.58 Å². The summed E-state index contributed by atoms with van der Waals surface area (Å²) in [6, 6.07) is 19.3. The first kappa shape index (κ1) is 47.7. The van der Waals surface area contributed by atoms with Crippen LogP contribution in [-0.2, 0) is 16.1 Å². The number of nitro groups is 1. The predicted molar refractivity (Wildman–Crippen MR) is 241 cm³/mol. The maximum absolute atomic E-state index is 14.6. The molecule has 2 amide bonds. The highest BCUT2D eigenvalue weighted by Gasteiger charge is 2.65. The lowest BCUT2D eigenvalue weighted by Gasteiger charge is -2.60. The number of aliphatic hydroxyl groups is 2. The second kappa shape index (κ2) is 21.7. The Kier molecular flexibility index (Phi) is 16.2. The zero-order valence-corrected chi connectivity index (χ0v) is 37.3. The van der Waals surface area contributed by atoms with Crippen LogP contribution in [0.2, 0.25) is 0 Å². The highest BCUT2D eigenvalue weighted by molar-refractivity contribution is 6.03. The molecule has 1 saturated carbocycles. The van der Waals surface area contributed by atoms with Gasteiger partial charge in [-0.05, 0) is 106 Å². The SMILES string of the molecule is C=CCOC12Oc3ccc(OC(=O)NCc4ccccc4)cc3C3C(CCCCO)C(CCCCO)C=C(C(=NOC(C)(C)C)CC1N(CCC)C(=O)Oc1ccc([N+](=O)[O-])cc1)C32. The number of fused-ring (bicyclic) bond motifs is 2. The molecular weight excluding hydrogens is 821 g/mol. The van der Waals surface area contributed by atoms with Crippen molar-refractivity contribution in [2.24, 2.45) is 22.9 Å². The lowest BCUT2D eigenvalue weighted by Crippen LogP contribution is -2.70. The Hall–Kier alpha value is -5.77. The number of carbonyl (C=O) groups excluding carboxylic acids is 2.